The molecule has 1 saturated heterocycles. The molecule has 20 heavy (non-hydrogen) atoms. The topological polar surface area (TPSA) is 49.3 Å². The Morgan fingerprint density at radius 3 is 3.00 bits per heavy atom. The van der Waals surface area contributed by atoms with E-state index in [4.69, 9.17) is 5.11 Å². The molecule has 2 rings (SSSR count). The first kappa shape index (κ1) is 14.9. The highest BCUT2D eigenvalue weighted by Crippen LogP contribution is 2.38. The van der Waals surface area contributed by atoms with Crippen LogP contribution in [0, 0.1) is 17.7 Å². The molecular formula is C15H16FNO2S. The predicted molar refractivity (Wildman–Crippen MR) is 79.1 cm³/mol. The quantitative estimate of drug-likeness (QED) is 0.823. The average molecular weight is 293 g/mol. The van der Waals surface area contributed by atoms with Crippen molar-refractivity contribution in [1.29, 1.82) is 0 Å². The van der Waals surface area contributed by atoms with Crippen molar-refractivity contribution in [2.45, 2.75) is 24.5 Å². The van der Waals surface area contributed by atoms with Crippen molar-refractivity contribution in [1.82, 2.24) is 0 Å². The lowest BCUT2D eigenvalue weighted by atomic mass is 10.0. The van der Waals surface area contributed by atoms with Gasteiger partial charge < -0.3 is 10.4 Å². The van der Waals surface area contributed by atoms with E-state index >= 15 is 0 Å². The van der Waals surface area contributed by atoms with Gasteiger partial charge >= 0.3 is 0 Å². The molecule has 1 aliphatic heterocycles. The first-order valence-electron chi connectivity index (χ1n) is 6.40. The summed E-state index contributed by atoms with van der Waals surface area (Å²) in [5, 5.41) is 11.2. The van der Waals surface area contributed by atoms with E-state index in [0.717, 1.165) is 18.6 Å². The molecule has 1 heterocycles. The molecule has 0 saturated carbocycles. The Bertz CT molecular complexity index is 571. The number of aliphatic hydroxyl groups excluding tert-OH is 1. The van der Waals surface area contributed by atoms with Crippen LogP contribution < -0.4 is 5.32 Å². The number of halogens is 1. The summed E-state index contributed by atoms with van der Waals surface area (Å²) in [5.41, 5.74) is 0.634. The van der Waals surface area contributed by atoms with Crippen LogP contribution in [0.5, 0.6) is 0 Å². The minimum atomic E-state index is -0.519. The number of benzene rings is 1. The largest absolute Gasteiger partial charge is 0.384 e. The molecule has 1 aliphatic rings. The third kappa shape index (κ3) is 3.33. The van der Waals surface area contributed by atoms with E-state index in [-0.39, 0.29) is 18.2 Å². The van der Waals surface area contributed by atoms with Gasteiger partial charge in [-0.1, -0.05) is 11.8 Å². The number of carbonyl (C=O) groups excluding carboxylic acids is 1. The summed E-state index contributed by atoms with van der Waals surface area (Å²) >= 11 is 1.61. The molecule has 1 amide bonds. The number of anilines is 1. The Morgan fingerprint density at radius 2 is 2.40 bits per heavy atom. The smallest absolute Gasteiger partial charge is 0.240 e. The number of amides is 1. The van der Waals surface area contributed by atoms with Crippen LogP contribution in [0.4, 0.5) is 10.1 Å². The fourth-order valence-electron chi connectivity index (χ4n) is 2.05. The van der Waals surface area contributed by atoms with Gasteiger partial charge in [0.05, 0.1) is 10.4 Å². The number of carbonyl (C=O) groups is 1. The van der Waals surface area contributed by atoms with E-state index in [0.29, 0.717) is 5.56 Å². The molecule has 0 aliphatic carbocycles. The molecule has 2 N–H and O–H groups in total. The molecular weight excluding hydrogens is 277 g/mol. The molecule has 1 fully saturated rings. The van der Waals surface area contributed by atoms with E-state index < -0.39 is 10.6 Å². The molecule has 3 nitrogen and oxygen atoms in total. The third-order valence-corrected chi connectivity index (χ3v) is 4.75. The Balaban J connectivity index is 2.12. The highest BCUT2D eigenvalue weighted by atomic mass is 32.2. The van der Waals surface area contributed by atoms with Crippen molar-refractivity contribution in [2.75, 3.05) is 17.7 Å². The van der Waals surface area contributed by atoms with Crippen LogP contribution >= 0.6 is 11.8 Å². The average Bonchev–Trinajstić information content (AvgIpc) is 2.87. The molecule has 0 bridgehead atoms. The van der Waals surface area contributed by atoms with Gasteiger partial charge in [-0.3, -0.25) is 4.79 Å². The highest BCUT2D eigenvalue weighted by molar-refractivity contribution is 8.01. The van der Waals surface area contributed by atoms with Crippen molar-refractivity contribution in [3.63, 3.8) is 0 Å². The second-order valence-electron chi connectivity index (χ2n) is 4.79. The van der Waals surface area contributed by atoms with Gasteiger partial charge in [0.2, 0.25) is 5.91 Å². The summed E-state index contributed by atoms with van der Waals surface area (Å²) in [6, 6.07) is 4.37. The van der Waals surface area contributed by atoms with E-state index in [2.05, 4.69) is 17.2 Å². The molecule has 1 atom stereocenters. The molecule has 0 spiro atoms. The summed E-state index contributed by atoms with van der Waals surface area (Å²) < 4.78 is 13.4. The number of nitrogens with one attached hydrogen (secondary N) is 1. The number of hydrogen-bond acceptors (Lipinski definition) is 3. The Morgan fingerprint density at radius 1 is 1.60 bits per heavy atom. The minimum absolute atomic E-state index is 0.159. The Hall–Kier alpha value is -1.51. The SMILES string of the molecule is CC1(C(=O)Nc2ccc(C#CCO)cc2F)CCCS1. The number of aliphatic hydroxyl groups is 1. The monoisotopic (exact) mass is 293 g/mol. The van der Waals surface area contributed by atoms with E-state index in [1.54, 1.807) is 17.8 Å². The van der Waals surface area contributed by atoms with Crippen LogP contribution in [0.2, 0.25) is 0 Å². The van der Waals surface area contributed by atoms with Crippen LogP contribution in [0.15, 0.2) is 18.2 Å². The van der Waals surface area contributed by atoms with E-state index in [9.17, 15) is 9.18 Å². The second kappa shape index (κ2) is 6.29. The second-order valence-corrected chi connectivity index (χ2v) is 6.39. The number of thioether (sulfide) groups is 1. The zero-order valence-corrected chi connectivity index (χ0v) is 12.0. The lowest BCUT2D eigenvalue weighted by Crippen LogP contribution is -2.34. The Labute approximate surface area is 122 Å². The summed E-state index contributed by atoms with van der Waals surface area (Å²) in [4.78, 5) is 12.2. The van der Waals surface area contributed by atoms with Gasteiger partial charge in [0, 0.05) is 5.56 Å². The van der Waals surface area contributed by atoms with Crippen molar-refractivity contribution < 1.29 is 14.3 Å². The normalized spacial score (nSPS) is 21.1. The number of rotatable bonds is 2. The van der Waals surface area contributed by atoms with Crippen molar-refractivity contribution in [3.8, 4) is 11.8 Å². The van der Waals surface area contributed by atoms with E-state index in [1.807, 2.05) is 6.92 Å². The lowest BCUT2D eigenvalue weighted by molar-refractivity contribution is -0.118. The zero-order valence-electron chi connectivity index (χ0n) is 11.2. The van der Waals surface area contributed by atoms with Gasteiger partial charge in [-0.15, -0.1) is 11.8 Å². The Kier molecular flexibility index (Phi) is 4.69. The summed E-state index contributed by atoms with van der Waals surface area (Å²) in [7, 11) is 0. The molecule has 1 unspecified atom stereocenters. The maximum atomic E-state index is 13.9. The first-order chi connectivity index (χ1) is 9.55. The minimum Gasteiger partial charge on any atom is -0.384 e. The molecule has 1 aromatic rings. The van der Waals surface area contributed by atoms with Crippen LogP contribution in [-0.2, 0) is 4.79 Å². The third-order valence-electron chi connectivity index (χ3n) is 3.23. The molecule has 106 valence electrons. The fourth-order valence-corrected chi connectivity index (χ4v) is 3.26. The summed E-state index contributed by atoms with van der Waals surface area (Å²) in [6.45, 7) is 1.62. The first-order valence-corrected chi connectivity index (χ1v) is 7.38. The standard InChI is InChI=1S/C15H16FNO2S/c1-15(7-3-9-20-15)14(19)17-13-6-5-11(4-2-8-18)10-12(13)16/h5-6,10,18H,3,7-9H2,1H3,(H,17,19). The molecule has 0 aromatic heterocycles. The summed E-state index contributed by atoms with van der Waals surface area (Å²) in [6.07, 6.45) is 1.82. The van der Waals surface area contributed by atoms with Crippen LogP contribution in [-0.4, -0.2) is 28.1 Å². The summed E-state index contributed by atoms with van der Waals surface area (Å²) in [5.74, 6) is 5.35. The van der Waals surface area contributed by atoms with Crippen molar-refractivity contribution >= 4 is 23.4 Å². The van der Waals surface area contributed by atoms with Crippen molar-refractivity contribution in [3.05, 3.63) is 29.6 Å². The molecule has 1 aromatic carbocycles. The van der Waals surface area contributed by atoms with Gasteiger partial charge in [0.15, 0.2) is 0 Å². The fraction of sp³-hybridized carbons (Fsp3) is 0.400. The zero-order chi connectivity index (χ0) is 14.6. The maximum Gasteiger partial charge on any atom is 0.240 e. The van der Waals surface area contributed by atoms with Gasteiger partial charge in [-0.05, 0) is 43.7 Å². The van der Waals surface area contributed by atoms with Crippen LogP contribution in [0.1, 0.15) is 25.3 Å². The molecule has 0 radical (unpaired) electrons. The van der Waals surface area contributed by atoms with Gasteiger partial charge in [-0.2, -0.15) is 0 Å². The predicted octanol–water partition coefficient (Wildman–Crippen LogP) is 2.39. The maximum absolute atomic E-state index is 13.9. The van der Waals surface area contributed by atoms with Crippen LogP contribution in [0.3, 0.4) is 0 Å². The van der Waals surface area contributed by atoms with Crippen LogP contribution in [0.25, 0.3) is 0 Å². The van der Waals surface area contributed by atoms with Crippen molar-refractivity contribution in [2.24, 2.45) is 0 Å². The van der Waals surface area contributed by atoms with Gasteiger partial charge in [-0.25, -0.2) is 4.39 Å². The van der Waals surface area contributed by atoms with E-state index in [1.165, 1.54) is 12.1 Å². The van der Waals surface area contributed by atoms with Gasteiger partial charge in [0.1, 0.15) is 12.4 Å². The van der Waals surface area contributed by atoms with Gasteiger partial charge in [0.25, 0.3) is 0 Å². The molecule has 5 heteroatoms. The number of hydrogen-bond donors (Lipinski definition) is 2. The lowest BCUT2D eigenvalue weighted by Gasteiger charge is -2.21. The highest BCUT2D eigenvalue weighted by Gasteiger charge is 2.37.